The number of nitrogens with one attached hydrogen (secondary N) is 1. The monoisotopic (exact) mass is 413 g/mol. The molecule has 0 saturated heterocycles. The average Bonchev–Trinajstić information content (AvgIpc) is 2.73. The molecule has 0 radical (unpaired) electrons. The number of carbonyl (C=O) groups excluding carboxylic acids is 1. The van der Waals surface area contributed by atoms with Gasteiger partial charge in [-0.15, -0.1) is 0 Å². The maximum absolute atomic E-state index is 13.2. The molecule has 2 unspecified atom stereocenters. The SMILES string of the molecule is CCCCC(CC)CNC(=O)c1ccc2c(c1C(=O)O)[S+]([O-])c1ccccc1C2. The normalized spacial score (nSPS) is 15.9. The third-order valence-corrected chi connectivity index (χ3v) is 7.17. The number of benzene rings is 2. The minimum atomic E-state index is -1.63. The van der Waals surface area contributed by atoms with E-state index in [1.165, 1.54) is 0 Å². The van der Waals surface area contributed by atoms with Crippen molar-refractivity contribution >= 4 is 23.1 Å². The lowest BCUT2D eigenvalue weighted by molar-refractivity contribution is 0.0686. The summed E-state index contributed by atoms with van der Waals surface area (Å²) < 4.78 is 13.2. The summed E-state index contributed by atoms with van der Waals surface area (Å²) in [4.78, 5) is 25.8. The molecule has 2 N–H and O–H groups in total. The van der Waals surface area contributed by atoms with Gasteiger partial charge in [0.25, 0.3) is 5.91 Å². The van der Waals surface area contributed by atoms with Crippen LogP contribution < -0.4 is 5.32 Å². The fourth-order valence-electron chi connectivity index (χ4n) is 3.80. The number of hydrogen-bond acceptors (Lipinski definition) is 3. The Morgan fingerprint density at radius 2 is 1.93 bits per heavy atom. The maximum atomic E-state index is 13.2. The molecule has 0 spiro atoms. The van der Waals surface area contributed by atoms with E-state index in [9.17, 15) is 19.2 Å². The van der Waals surface area contributed by atoms with Crippen LogP contribution in [0, 0.1) is 5.92 Å². The zero-order valence-electron chi connectivity index (χ0n) is 16.9. The van der Waals surface area contributed by atoms with Crippen LogP contribution in [0.4, 0.5) is 0 Å². The van der Waals surface area contributed by atoms with Gasteiger partial charge in [0.2, 0.25) is 0 Å². The summed E-state index contributed by atoms with van der Waals surface area (Å²) in [6, 6.07) is 10.6. The van der Waals surface area contributed by atoms with Crippen LogP contribution in [-0.4, -0.2) is 28.1 Å². The van der Waals surface area contributed by atoms with Crippen molar-refractivity contribution < 1.29 is 19.2 Å². The van der Waals surface area contributed by atoms with Gasteiger partial charge in [-0.3, -0.25) is 4.79 Å². The molecule has 2 atom stereocenters. The molecule has 0 fully saturated rings. The first-order valence-electron chi connectivity index (χ1n) is 10.1. The number of unbranched alkanes of at least 4 members (excludes halogenated alkanes) is 1. The lowest BCUT2D eigenvalue weighted by Gasteiger charge is -2.24. The van der Waals surface area contributed by atoms with Crippen molar-refractivity contribution in [3.8, 4) is 0 Å². The Morgan fingerprint density at radius 3 is 2.62 bits per heavy atom. The zero-order valence-corrected chi connectivity index (χ0v) is 17.7. The molecule has 1 heterocycles. The summed E-state index contributed by atoms with van der Waals surface area (Å²) in [7, 11) is 0. The van der Waals surface area contributed by atoms with E-state index in [0.29, 0.717) is 29.3 Å². The highest BCUT2D eigenvalue weighted by Gasteiger charge is 2.36. The van der Waals surface area contributed by atoms with Crippen LogP contribution in [0.3, 0.4) is 0 Å². The molecule has 1 aliphatic rings. The third kappa shape index (κ3) is 4.49. The Labute approximate surface area is 174 Å². The van der Waals surface area contributed by atoms with E-state index in [2.05, 4.69) is 19.2 Å². The van der Waals surface area contributed by atoms with E-state index >= 15 is 0 Å². The van der Waals surface area contributed by atoms with Crippen LogP contribution in [0.2, 0.25) is 0 Å². The molecule has 29 heavy (non-hydrogen) atoms. The Bertz CT molecular complexity index is 912. The van der Waals surface area contributed by atoms with E-state index in [4.69, 9.17) is 0 Å². The third-order valence-electron chi connectivity index (χ3n) is 5.53. The number of hydrogen-bond donors (Lipinski definition) is 2. The number of carboxylic acid groups (broad SMARTS) is 1. The molecule has 0 aliphatic carbocycles. The molecule has 5 nitrogen and oxygen atoms in total. The quantitative estimate of drug-likeness (QED) is 0.628. The highest BCUT2D eigenvalue weighted by Crippen LogP contribution is 2.37. The number of amides is 1. The lowest BCUT2D eigenvalue weighted by Crippen LogP contribution is -2.31. The van der Waals surface area contributed by atoms with Crippen molar-refractivity contribution in [1.82, 2.24) is 5.32 Å². The predicted molar refractivity (Wildman–Crippen MR) is 113 cm³/mol. The van der Waals surface area contributed by atoms with Crippen LogP contribution in [-0.2, 0) is 17.6 Å². The highest BCUT2D eigenvalue weighted by atomic mass is 32.2. The molecule has 6 heteroatoms. The summed E-state index contributed by atoms with van der Waals surface area (Å²) in [5.74, 6) is -1.28. The second kappa shape index (κ2) is 9.46. The van der Waals surface area contributed by atoms with Crippen molar-refractivity contribution in [3.05, 3.63) is 58.7 Å². The van der Waals surface area contributed by atoms with Gasteiger partial charge in [0.05, 0.1) is 5.56 Å². The van der Waals surface area contributed by atoms with Gasteiger partial charge in [0.1, 0.15) is 5.56 Å². The van der Waals surface area contributed by atoms with Gasteiger partial charge in [-0.05, 0) is 24.5 Å². The van der Waals surface area contributed by atoms with Gasteiger partial charge in [0.15, 0.2) is 9.79 Å². The molecular formula is C23H27NO4S. The molecule has 0 bridgehead atoms. The second-order valence-corrected chi connectivity index (χ2v) is 8.85. The van der Waals surface area contributed by atoms with Crippen molar-refractivity contribution in [3.63, 3.8) is 0 Å². The van der Waals surface area contributed by atoms with E-state index in [-0.39, 0.29) is 16.0 Å². The number of fused-ring (bicyclic) bond motifs is 2. The number of aromatic carboxylic acids is 1. The van der Waals surface area contributed by atoms with Gasteiger partial charge in [0, 0.05) is 35.3 Å². The number of carbonyl (C=O) groups is 2. The lowest BCUT2D eigenvalue weighted by atomic mass is 9.97. The summed E-state index contributed by atoms with van der Waals surface area (Å²) in [6.07, 6.45) is 4.70. The van der Waals surface area contributed by atoms with Crippen molar-refractivity contribution in [2.45, 2.75) is 55.7 Å². The maximum Gasteiger partial charge on any atom is 0.341 e. The van der Waals surface area contributed by atoms with Crippen molar-refractivity contribution in [2.75, 3.05) is 6.54 Å². The van der Waals surface area contributed by atoms with Gasteiger partial charge in [-0.25, -0.2) is 4.79 Å². The Morgan fingerprint density at radius 1 is 1.17 bits per heavy atom. The number of rotatable bonds is 8. The fourth-order valence-corrected chi connectivity index (χ4v) is 5.36. The molecule has 2 aromatic rings. The van der Waals surface area contributed by atoms with E-state index in [1.807, 2.05) is 12.1 Å². The van der Waals surface area contributed by atoms with Crippen LogP contribution >= 0.6 is 0 Å². The molecule has 3 rings (SSSR count). The zero-order chi connectivity index (χ0) is 21.0. The smallest absolute Gasteiger partial charge is 0.341 e. The summed E-state index contributed by atoms with van der Waals surface area (Å²) in [6.45, 7) is 4.74. The largest absolute Gasteiger partial charge is 0.606 e. The summed E-state index contributed by atoms with van der Waals surface area (Å²) in [5, 5.41) is 12.8. The molecule has 1 aliphatic heterocycles. The van der Waals surface area contributed by atoms with E-state index < -0.39 is 23.1 Å². The molecule has 2 aromatic carbocycles. The molecule has 1 amide bonds. The topological polar surface area (TPSA) is 89.5 Å². The predicted octanol–water partition coefficient (Wildman–Crippen LogP) is 4.40. The Kier molecular flexibility index (Phi) is 6.98. The Hall–Kier alpha value is -2.31. The van der Waals surface area contributed by atoms with Crippen molar-refractivity contribution in [1.29, 1.82) is 0 Å². The van der Waals surface area contributed by atoms with Crippen LogP contribution in [0.1, 0.15) is 71.4 Å². The second-order valence-electron chi connectivity index (χ2n) is 7.46. The summed E-state index contributed by atoms with van der Waals surface area (Å²) >= 11 is -1.63. The minimum Gasteiger partial charge on any atom is -0.606 e. The molecule has 0 saturated carbocycles. The average molecular weight is 414 g/mol. The first kappa shape index (κ1) is 21.4. The van der Waals surface area contributed by atoms with Gasteiger partial charge >= 0.3 is 5.97 Å². The minimum absolute atomic E-state index is 0.0781. The van der Waals surface area contributed by atoms with Crippen LogP contribution in [0.25, 0.3) is 0 Å². The Balaban J connectivity index is 1.91. The first-order valence-corrected chi connectivity index (χ1v) is 11.3. The number of carboxylic acids is 1. The van der Waals surface area contributed by atoms with Gasteiger partial charge < -0.3 is 15.0 Å². The molecule has 154 valence electrons. The van der Waals surface area contributed by atoms with Gasteiger partial charge in [-0.2, -0.15) is 0 Å². The van der Waals surface area contributed by atoms with Gasteiger partial charge in [-0.1, -0.05) is 57.4 Å². The van der Waals surface area contributed by atoms with Crippen molar-refractivity contribution in [2.24, 2.45) is 5.92 Å². The van der Waals surface area contributed by atoms with Crippen LogP contribution in [0.5, 0.6) is 0 Å². The van der Waals surface area contributed by atoms with E-state index in [0.717, 1.165) is 31.2 Å². The van der Waals surface area contributed by atoms with E-state index in [1.54, 1.807) is 24.3 Å². The molecule has 0 aromatic heterocycles. The molecular weight excluding hydrogens is 386 g/mol. The standard InChI is InChI=1S/C23H27NO4S/c1-3-5-8-15(4-2)14-24-22(25)18-12-11-17-13-16-9-6-7-10-19(16)29(28)21(17)20(18)23(26)27/h6-7,9-12,15H,3-5,8,13-14H2,1-2H3,(H,24,25)(H,26,27). The summed E-state index contributed by atoms with van der Waals surface area (Å²) in [5.41, 5.74) is 1.56. The highest BCUT2D eigenvalue weighted by molar-refractivity contribution is 7.91. The van der Waals surface area contributed by atoms with Crippen LogP contribution in [0.15, 0.2) is 46.2 Å². The fraction of sp³-hybridized carbons (Fsp3) is 0.391. The first-order chi connectivity index (χ1) is 14.0.